The highest BCUT2D eigenvalue weighted by atomic mass is 35.5. The van der Waals surface area contributed by atoms with Gasteiger partial charge in [0.2, 0.25) is 0 Å². The SMILES string of the molecule is O=S(=O)(O)C(c1ccccc1)(c1ccc(O)c(Cl)c1O)c1c(Cl)cc(Cl)cc1Cl. The lowest BCUT2D eigenvalue weighted by Gasteiger charge is -2.34. The molecule has 3 rings (SSSR count). The first-order valence-electron chi connectivity index (χ1n) is 7.90. The van der Waals surface area contributed by atoms with Crippen LogP contribution in [0, 0.1) is 0 Å². The van der Waals surface area contributed by atoms with Crippen LogP contribution in [-0.4, -0.2) is 23.2 Å². The maximum Gasteiger partial charge on any atom is 0.283 e. The monoisotopic (exact) mass is 492 g/mol. The molecule has 0 fully saturated rings. The number of hydrogen-bond donors (Lipinski definition) is 3. The Kier molecular flexibility index (Phi) is 5.98. The van der Waals surface area contributed by atoms with Gasteiger partial charge in [0.1, 0.15) is 16.5 Å². The van der Waals surface area contributed by atoms with Crippen LogP contribution < -0.4 is 0 Å². The molecule has 0 saturated carbocycles. The van der Waals surface area contributed by atoms with Crippen LogP contribution in [0.5, 0.6) is 11.5 Å². The summed E-state index contributed by atoms with van der Waals surface area (Å²) in [5.74, 6) is -1.26. The van der Waals surface area contributed by atoms with Gasteiger partial charge >= 0.3 is 0 Å². The van der Waals surface area contributed by atoms with Gasteiger partial charge in [0.25, 0.3) is 10.1 Å². The van der Waals surface area contributed by atoms with Crippen LogP contribution in [-0.2, 0) is 14.9 Å². The third kappa shape index (κ3) is 3.54. The fourth-order valence-corrected chi connectivity index (χ4v) is 5.97. The zero-order chi connectivity index (χ0) is 21.6. The maximum absolute atomic E-state index is 13.0. The molecule has 0 spiro atoms. The van der Waals surface area contributed by atoms with E-state index in [-0.39, 0.29) is 31.8 Å². The lowest BCUT2D eigenvalue weighted by Crippen LogP contribution is -2.39. The van der Waals surface area contributed by atoms with Crippen LogP contribution >= 0.6 is 46.4 Å². The van der Waals surface area contributed by atoms with Gasteiger partial charge in [-0.15, -0.1) is 0 Å². The van der Waals surface area contributed by atoms with E-state index in [0.717, 1.165) is 12.1 Å². The summed E-state index contributed by atoms with van der Waals surface area (Å²) >= 11 is 24.6. The van der Waals surface area contributed by atoms with E-state index in [4.69, 9.17) is 46.4 Å². The molecule has 1 unspecified atom stereocenters. The maximum atomic E-state index is 13.0. The van der Waals surface area contributed by atoms with E-state index >= 15 is 0 Å². The predicted molar refractivity (Wildman–Crippen MR) is 114 cm³/mol. The van der Waals surface area contributed by atoms with E-state index in [1.54, 1.807) is 6.07 Å². The van der Waals surface area contributed by atoms with Crippen LogP contribution in [0.3, 0.4) is 0 Å². The number of hydrogen-bond acceptors (Lipinski definition) is 4. The third-order valence-electron chi connectivity index (χ3n) is 4.40. The van der Waals surface area contributed by atoms with Gasteiger partial charge in [0, 0.05) is 26.2 Å². The van der Waals surface area contributed by atoms with Gasteiger partial charge in [0.05, 0.1) is 0 Å². The Labute approximate surface area is 186 Å². The lowest BCUT2D eigenvalue weighted by atomic mass is 9.83. The topological polar surface area (TPSA) is 94.8 Å². The summed E-state index contributed by atoms with van der Waals surface area (Å²) in [4.78, 5) is 0. The van der Waals surface area contributed by atoms with Gasteiger partial charge in [-0.05, 0) is 29.8 Å². The van der Waals surface area contributed by atoms with E-state index in [9.17, 15) is 23.2 Å². The average Bonchev–Trinajstić information content (AvgIpc) is 2.63. The van der Waals surface area contributed by atoms with Crippen LogP contribution in [0.25, 0.3) is 0 Å². The first-order chi connectivity index (χ1) is 13.5. The van der Waals surface area contributed by atoms with Crippen molar-refractivity contribution in [3.8, 4) is 11.5 Å². The van der Waals surface area contributed by atoms with Crippen molar-refractivity contribution < 1.29 is 23.2 Å². The van der Waals surface area contributed by atoms with E-state index in [1.807, 2.05) is 0 Å². The average molecular weight is 494 g/mol. The number of rotatable bonds is 4. The Morgan fingerprint density at radius 1 is 0.828 bits per heavy atom. The minimum atomic E-state index is -5.11. The third-order valence-corrected chi connectivity index (χ3v) is 7.02. The Morgan fingerprint density at radius 2 is 1.38 bits per heavy atom. The largest absolute Gasteiger partial charge is 0.506 e. The molecule has 0 bridgehead atoms. The molecule has 3 aromatic rings. The fraction of sp³-hybridized carbons (Fsp3) is 0.0526. The Balaban J connectivity index is 2.64. The molecule has 0 amide bonds. The second kappa shape index (κ2) is 7.87. The molecule has 1 atom stereocenters. The van der Waals surface area contributed by atoms with Gasteiger partial charge in [0.15, 0.2) is 4.75 Å². The minimum Gasteiger partial charge on any atom is -0.506 e. The van der Waals surface area contributed by atoms with Crippen LogP contribution in [0.4, 0.5) is 0 Å². The molecule has 0 radical (unpaired) electrons. The van der Waals surface area contributed by atoms with Crippen molar-refractivity contribution >= 4 is 56.5 Å². The summed E-state index contributed by atoms with van der Waals surface area (Å²) in [6.07, 6.45) is 0. The second-order valence-corrected chi connectivity index (χ2v) is 9.25. The van der Waals surface area contributed by atoms with Crippen molar-refractivity contribution in [3.05, 3.63) is 91.4 Å². The van der Waals surface area contributed by atoms with Gasteiger partial charge < -0.3 is 10.2 Å². The number of phenols is 2. The number of phenolic OH excluding ortho intramolecular Hbond substituents is 2. The molecule has 3 aromatic carbocycles. The highest BCUT2D eigenvalue weighted by Gasteiger charge is 2.52. The normalized spacial score (nSPS) is 13.8. The molecule has 0 aliphatic carbocycles. The highest BCUT2D eigenvalue weighted by Crippen LogP contribution is 2.53. The van der Waals surface area contributed by atoms with Crippen LogP contribution in [0.1, 0.15) is 16.7 Å². The summed E-state index contributed by atoms with van der Waals surface area (Å²) in [6, 6.07) is 12.2. The van der Waals surface area contributed by atoms with Crippen molar-refractivity contribution in [2.24, 2.45) is 0 Å². The van der Waals surface area contributed by atoms with Crippen molar-refractivity contribution in [2.45, 2.75) is 4.75 Å². The van der Waals surface area contributed by atoms with Crippen LogP contribution in [0.2, 0.25) is 20.1 Å². The zero-order valence-corrected chi connectivity index (χ0v) is 18.1. The minimum absolute atomic E-state index is 0.0191. The van der Waals surface area contributed by atoms with Crippen molar-refractivity contribution in [3.63, 3.8) is 0 Å². The summed E-state index contributed by atoms with van der Waals surface area (Å²) in [6.45, 7) is 0. The van der Waals surface area contributed by atoms with Gasteiger partial charge in [-0.2, -0.15) is 8.42 Å². The number of benzene rings is 3. The Hall–Kier alpha value is -1.67. The van der Waals surface area contributed by atoms with Gasteiger partial charge in [-0.3, -0.25) is 4.55 Å². The summed E-state index contributed by atoms with van der Waals surface area (Å²) in [5.41, 5.74) is -0.582. The summed E-state index contributed by atoms with van der Waals surface area (Å²) in [7, 11) is -5.11. The molecule has 0 aliphatic rings. The Bertz CT molecular complexity index is 1180. The summed E-state index contributed by atoms with van der Waals surface area (Å²) < 4.78 is 34.0. The lowest BCUT2D eigenvalue weighted by molar-refractivity contribution is 0.431. The molecular weight excluding hydrogens is 482 g/mol. The standard InChI is InChI=1S/C19H12Cl4O5S/c20-11-8-13(21)16(14(22)9-11)19(29(26,27)28,10-4-2-1-3-5-10)12-6-7-15(24)17(23)18(12)25/h1-9,24-25H,(H,26,27,28). The smallest absolute Gasteiger partial charge is 0.283 e. The number of aromatic hydroxyl groups is 2. The molecule has 152 valence electrons. The van der Waals surface area contributed by atoms with Crippen molar-refractivity contribution in [1.29, 1.82) is 0 Å². The first-order valence-corrected chi connectivity index (χ1v) is 10.9. The second-order valence-electron chi connectivity index (χ2n) is 6.06. The van der Waals surface area contributed by atoms with E-state index in [2.05, 4.69) is 0 Å². The molecule has 5 nitrogen and oxygen atoms in total. The molecule has 0 heterocycles. The van der Waals surface area contributed by atoms with Crippen LogP contribution in [0.15, 0.2) is 54.6 Å². The molecule has 0 aromatic heterocycles. The molecule has 10 heteroatoms. The van der Waals surface area contributed by atoms with Crippen molar-refractivity contribution in [2.75, 3.05) is 0 Å². The first kappa shape index (κ1) is 22.0. The molecule has 0 saturated heterocycles. The quantitative estimate of drug-likeness (QED) is 0.311. The molecule has 29 heavy (non-hydrogen) atoms. The van der Waals surface area contributed by atoms with E-state index < -0.39 is 31.4 Å². The predicted octanol–water partition coefficient (Wildman–Crippen LogP) is 5.89. The zero-order valence-electron chi connectivity index (χ0n) is 14.3. The highest BCUT2D eigenvalue weighted by molar-refractivity contribution is 7.87. The van der Waals surface area contributed by atoms with E-state index in [0.29, 0.717) is 0 Å². The van der Waals surface area contributed by atoms with E-state index in [1.165, 1.54) is 36.4 Å². The molecule has 0 aliphatic heterocycles. The van der Waals surface area contributed by atoms with Gasteiger partial charge in [-0.1, -0.05) is 76.7 Å². The number of halogens is 4. The van der Waals surface area contributed by atoms with Crippen molar-refractivity contribution in [1.82, 2.24) is 0 Å². The Morgan fingerprint density at radius 3 is 1.90 bits per heavy atom. The molecule has 3 N–H and O–H groups in total. The fourth-order valence-electron chi connectivity index (χ4n) is 3.24. The molecular formula is C19H12Cl4O5S. The van der Waals surface area contributed by atoms with Gasteiger partial charge in [-0.25, -0.2) is 0 Å². The summed E-state index contributed by atoms with van der Waals surface area (Å²) in [5, 5.41) is 19.7.